The van der Waals surface area contributed by atoms with Gasteiger partial charge in [-0.15, -0.1) is 0 Å². The molecule has 1 aromatic rings. The van der Waals surface area contributed by atoms with Crippen LogP contribution in [-0.4, -0.2) is 5.12 Å². The van der Waals surface area contributed by atoms with Gasteiger partial charge in [-0.25, -0.2) is 0 Å². The predicted octanol–water partition coefficient (Wildman–Crippen LogP) is 2.93. The van der Waals surface area contributed by atoms with E-state index in [1.807, 2.05) is 37.3 Å². The fourth-order valence-corrected chi connectivity index (χ4v) is 2.19. The lowest BCUT2D eigenvalue weighted by atomic mass is 10.1. The van der Waals surface area contributed by atoms with E-state index in [1.54, 1.807) is 0 Å². The minimum absolute atomic E-state index is 0.165. The van der Waals surface area contributed by atoms with Crippen LogP contribution in [-0.2, 0) is 0 Å². The number of hydrogen-bond acceptors (Lipinski definition) is 2. The van der Waals surface area contributed by atoms with E-state index in [4.69, 9.17) is 0 Å². The fraction of sp³-hybridized carbons (Fsp3) is 0.100. The van der Waals surface area contributed by atoms with Crippen LogP contribution in [0.25, 0.3) is 4.91 Å². The summed E-state index contributed by atoms with van der Waals surface area (Å²) in [6.45, 7) is 1.96. The van der Waals surface area contributed by atoms with Crippen molar-refractivity contribution in [3.8, 4) is 0 Å². The summed E-state index contributed by atoms with van der Waals surface area (Å²) >= 11 is 1.32. The van der Waals surface area contributed by atoms with Crippen molar-refractivity contribution in [2.24, 2.45) is 0 Å². The zero-order valence-corrected chi connectivity index (χ0v) is 7.52. The first-order valence-corrected chi connectivity index (χ1v) is 4.62. The SMILES string of the molecule is CC=C1SC(=O)c2ccccc21. The quantitative estimate of drug-likeness (QED) is 0.604. The van der Waals surface area contributed by atoms with E-state index in [-0.39, 0.29) is 5.12 Å². The predicted molar refractivity (Wildman–Crippen MR) is 52.0 cm³/mol. The van der Waals surface area contributed by atoms with Crippen LogP contribution < -0.4 is 0 Å². The molecule has 1 nitrogen and oxygen atoms in total. The molecule has 60 valence electrons. The molecule has 0 N–H and O–H groups in total. The molecule has 0 unspecified atom stereocenters. The van der Waals surface area contributed by atoms with E-state index in [1.165, 1.54) is 11.8 Å². The molecule has 0 aliphatic carbocycles. The van der Waals surface area contributed by atoms with E-state index in [0.29, 0.717) is 0 Å². The van der Waals surface area contributed by atoms with Crippen LogP contribution >= 0.6 is 11.8 Å². The Morgan fingerprint density at radius 2 is 1.92 bits per heavy atom. The van der Waals surface area contributed by atoms with Crippen molar-refractivity contribution in [1.82, 2.24) is 0 Å². The third-order valence-corrected chi connectivity index (χ3v) is 2.96. The molecule has 1 aliphatic heterocycles. The Labute approximate surface area is 75.5 Å². The molecule has 2 rings (SSSR count). The molecule has 0 amide bonds. The summed E-state index contributed by atoms with van der Waals surface area (Å²) < 4.78 is 0. The molecule has 0 bridgehead atoms. The molecule has 1 heterocycles. The van der Waals surface area contributed by atoms with E-state index >= 15 is 0 Å². The number of thioether (sulfide) groups is 1. The summed E-state index contributed by atoms with van der Waals surface area (Å²) in [6, 6.07) is 7.72. The van der Waals surface area contributed by atoms with Crippen molar-refractivity contribution in [2.75, 3.05) is 0 Å². The van der Waals surface area contributed by atoms with Gasteiger partial charge in [-0.2, -0.15) is 0 Å². The van der Waals surface area contributed by atoms with Gasteiger partial charge in [-0.1, -0.05) is 24.3 Å². The second-order valence-corrected chi connectivity index (χ2v) is 3.60. The van der Waals surface area contributed by atoms with Crippen LogP contribution in [0.5, 0.6) is 0 Å². The normalized spacial score (nSPS) is 18.4. The van der Waals surface area contributed by atoms with Crippen LogP contribution in [0.4, 0.5) is 0 Å². The summed E-state index contributed by atoms with van der Waals surface area (Å²) in [5, 5.41) is 0.165. The van der Waals surface area contributed by atoms with Crippen molar-refractivity contribution < 1.29 is 4.79 Å². The number of rotatable bonds is 0. The molecular weight excluding hydrogens is 168 g/mol. The monoisotopic (exact) mass is 176 g/mol. The standard InChI is InChI=1S/C10H8OS/c1-2-9-7-5-3-4-6-8(7)10(11)12-9/h2-6H,1H3. The highest BCUT2D eigenvalue weighted by molar-refractivity contribution is 8.22. The average Bonchev–Trinajstić information content (AvgIpc) is 2.44. The van der Waals surface area contributed by atoms with Gasteiger partial charge in [0, 0.05) is 10.5 Å². The maximum atomic E-state index is 11.4. The molecule has 0 spiro atoms. The van der Waals surface area contributed by atoms with E-state index < -0.39 is 0 Å². The van der Waals surface area contributed by atoms with Crippen molar-refractivity contribution in [3.05, 3.63) is 41.5 Å². The van der Waals surface area contributed by atoms with Gasteiger partial charge in [0.25, 0.3) is 0 Å². The van der Waals surface area contributed by atoms with Crippen LogP contribution in [0.2, 0.25) is 0 Å². The largest absolute Gasteiger partial charge is 0.281 e. The molecule has 0 saturated heterocycles. The smallest absolute Gasteiger partial charge is 0.224 e. The first-order valence-electron chi connectivity index (χ1n) is 3.81. The molecule has 0 radical (unpaired) electrons. The summed E-state index contributed by atoms with van der Waals surface area (Å²) in [5.41, 5.74) is 1.92. The topological polar surface area (TPSA) is 17.1 Å². The number of carbonyl (C=O) groups is 1. The van der Waals surface area contributed by atoms with Crippen molar-refractivity contribution >= 4 is 21.8 Å². The molecule has 1 aliphatic rings. The Bertz CT molecular complexity index is 366. The first-order chi connectivity index (χ1) is 5.83. The summed E-state index contributed by atoms with van der Waals surface area (Å²) in [6.07, 6.45) is 1.98. The van der Waals surface area contributed by atoms with Crippen molar-refractivity contribution in [3.63, 3.8) is 0 Å². The summed E-state index contributed by atoms with van der Waals surface area (Å²) in [7, 11) is 0. The molecule has 1 aromatic carbocycles. The lowest BCUT2D eigenvalue weighted by molar-refractivity contribution is 0.109. The van der Waals surface area contributed by atoms with Gasteiger partial charge >= 0.3 is 0 Å². The molecule has 12 heavy (non-hydrogen) atoms. The molecule has 2 heteroatoms. The number of carbonyl (C=O) groups excluding carboxylic acids is 1. The highest BCUT2D eigenvalue weighted by Crippen LogP contribution is 2.39. The highest BCUT2D eigenvalue weighted by atomic mass is 32.2. The van der Waals surface area contributed by atoms with Gasteiger partial charge in [-0.05, 0) is 30.3 Å². The number of hydrogen-bond donors (Lipinski definition) is 0. The number of allylic oxidation sites excluding steroid dienone is 1. The van der Waals surface area contributed by atoms with E-state index in [2.05, 4.69) is 0 Å². The minimum atomic E-state index is 0.165. The average molecular weight is 176 g/mol. The zero-order valence-electron chi connectivity index (χ0n) is 6.70. The van der Waals surface area contributed by atoms with Crippen molar-refractivity contribution in [2.45, 2.75) is 6.92 Å². The third-order valence-electron chi connectivity index (χ3n) is 1.88. The second kappa shape index (κ2) is 2.79. The second-order valence-electron chi connectivity index (χ2n) is 2.59. The number of benzene rings is 1. The van der Waals surface area contributed by atoms with E-state index in [9.17, 15) is 4.79 Å². The van der Waals surface area contributed by atoms with Gasteiger partial charge in [-0.3, -0.25) is 4.79 Å². The first kappa shape index (κ1) is 7.62. The molecule has 0 saturated carbocycles. The fourth-order valence-electron chi connectivity index (χ4n) is 1.30. The molecule has 0 atom stereocenters. The highest BCUT2D eigenvalue weighted by Gasteiger charge is 2.23. The lowest BCUT2D eigenvalue weighted by Crippen LogP contribution is -1.85. The Kier molecular flexibility index (Phi) is 1.77. The van der Waals surface area contributed by atoms with Gasteiger partial charge < -0.3 is 0 Å². The number of fused-ring (bicyclic) bond motifs is 1. The Hall–Kier alpha value is -1.02. The Morgan fingerprint density at radius 1 is 1.25 bits per heavy atom. The molecule has 0 aromatic heterocycles. The lowest BCUT2D eigenvalue weighted by Gasteiger charge is -1.94. The van der Waals surface area contributed by atoms with Gasteiger partial charge in [0.1, 0.15) is 0 Å². The third kappa shape index (κ3) is 0.994. The van der Waals surface area contributed by atoms with Gasteiger partial charge in [0.15, 0.2) is 0 Å². The molecular formula is C10H8OS. The Morgan fingerprint density at radius 3 is 2.58 bits per heavy atom. The molecule has 0 fully saturated rings. The van der Waals surface area contributed by atoms with Crippen molar-refractivity contribution in [1.29, 1.82) is 0 Å². The maximum Gasteiger partial charge on any atom is 0.224 e. The van der Waals surface area contributed by atoms with Gasteiger partial charge in [0.05, 0.1) is 0 Å². The van der Waals surface area contributed by atoms with Crippen LogP contribution in [0.3, 0.4) is 0 Å². The van der Waals surface area contributed by atoms with Crippen LogP contribution in [0.15, 0.2) is 30.3 Å². The van der Waals surface area contributed by atoms with Crippen LogP contribution in [0, 0.1) is 0 Å². The summed E-state index contributed by atoms with van der Waals surface area (Å²) in [5.74, 6) is 0. The van der Waals surface area contributed by atoms with Gasteiger partial charge in [0.2, 0.25) is 5.12 Å². The van der Waals surface area contributed by atoms with E-state index in [0.717, 1.165) is 16.0 Å². The zero-order chi connectivity index (χ0) is 8.55. The minimum Gasteiger partial charge on any atom is -0.281 e. The van der Waals surface area contributed by atoms with Crippen LogP contribution in [0.1, 0.15) is 22.8 Å². The summed E-state index contributed by atoms with van der Waals surface area (Å²) in [4.78, 5) is 12.4. The Balaban J connectivity index is 2.65. The maximum absolute atomic E-state index is 11.4.